The fourth-order valence-corrected chi connectivity index (χ4v) is 2.17. The van der Waals surface area contributed by atoms with E-state index in [1.165, 1.54) is 6.07 Å². The Hall–Kier alpha value is -2.33. The van der Waals surface area contributed by atoms with Crippen molar-refractivity contribution < 1.29 is 13.6 Å². The topological polar surface area (TPSA) is 42.2 Å². The molecule has 21 heavy (non-hydrogen) atoms. The smallest absolute Gasteiger partial charge is 0.291 e. The number of aryl methyl sites for hydroxylation is 1. The maximum Gasteiger partial charge on any atom is 0.291 e. The average molecular weight is 304 g/mol. The Balaban J connectivity index is 1.87. The summed E-state index contributed by atoms with van der Waals surface area (Å²) in [5, 5.41) is 3.90. The molecule has 3 nitrogen and oxygen atoms in total. The molecule has 0 unspecified atom stereocenters. The SMILES string of the molecule is Cc1ccc(NC(=O)c2cc3cc(Cl)ccc3o2)cc1F. The molecule has 0 aliphatic heterocycles. The number of rotatable bonds is 2. The van der Waals surface area contributed by atoms with Crippen molar-refractivity contribution in [2.24, 2.45) is 0 Å². The summed E-state index contributed by atoms with van der Waals surface area (Å²) in [6.07, 6.45) is 0. The second-order valence-electron chi connectivity index (χ2n) is 4.71. The van der Waals surface area contributed by atoms with Crippen molar-refractivity contribution in [1.82, 2.24) is 0 Å². The van der Waals surface area contributed by atoms with E-state index in [1.807, 2.05) is 0 Å². The van der Waals surface area contributed by atoms with E-state index < -0.39 is 5.91 Å². The minimum absolute atomic E-state index is 0.147. The van der Waals surface area contributed by atoms with Crippen LogP contribution in [0.2, 0.25) is 5.02 Å². The lowest BCUT2D eigenvalue weighted by Crippen LogP contribution is -2.11. The molecule has 0 fully saturated rings. The molecule has 0 aliphatic rings. The Kier molecular flexibility index (Phi) is 3.39. The van der Waals surface area contributed by atoms with Gasteiger partial charge in [0.2, 0.25) is 0 Å². The Morgan fingerprint density at radius 2 is 2.00 bits per heavy atom. The molecule has 0 saturated carbocycles. The summed E-state index contributed by atoms with van der Waals surface area (Å²) >= 11 is 5.89. The number of hydrogen-bond donors (Lipinski definition) is 1. The van der Waals surface area contributed by atoms with E-state index in [1.54, 1.807) is 43.3 Å². The van der Waals surface area contributed by atoms with Crippen LogP contribution in [0.1, 0.15) is 16.1 Å². The largest absolute Gasteiger partial charge is 0.451 e. The van der Waals surface area contributed by atoms with Gasteiger partial charge in [-0.1, -0.05) is 17.7 Å². The first-order valence-corrected chi connectivity index (χ1v) is 6.67. The Bertz CT molecular complexity index is 841. The van der Waals surface area contributed by atoms with Crippen molar-refractivity contribution in [1.29, 1.82) is 0 Å². The lowest BCUT2D eigenvalue weighted by molar-refractivity contribution is 0.0998. The zero-order chi connectivity index (χ0) is 15.0. The van der Waals surface area contributed by atoms with E-state index in [0.717, 1.165) is 5.39 Å². The zero-order valence-corrected chi connectivity index (χ0v) is 11.9. The zero-order valence-electron chi connectivity index (χ0n) is 11.1. The number of fused-ring (bicyclic) bond motifs is 1. The molecule has 0 spiro atoms. The van der Waals surface area contributed by atoms with Crippen molar-refractivity contribution in [3.05, 3.63) is 64.6 Å². The van der Waals surface area contributed by atoms with Gasteiger partial charge in [-0.25, -0.2) is 4.39 Å². The van der Waals surface area contributed by atoms with Crippen LogP contribution >= 0.6 is 11.6 Å². The molecule has 1 aromatic heterocycles. The van der Waals surface area contributed by atoms with Crippen LogP contribution in [0.4, 0.5) is 10.1 Å². The van der Waals surface area contributed by atoms with Crippen LogP contribution in [0.3, 0.4) is 0 Å². The van der Waals surface area contributed by atoms with E-state index >= 15 is 0 Å². The van der Waals surface area contributed by atoms with Crippen LogP contribution in [-0.2, 0) is 0 Å². The Labute approximate surface area is 125 Å². The highest BCUT2D eigenvalue weighted by Crippen LogP contribution is 2.24. The molecule has 3 rings (SSSR count). The summed E-state index contributed by atoms with van der Waals surface area (Å²) in [4.78, 5) is 12.1. The number of benzene rings is 2. The van der Waals surface area contributed by atoms with E-state index in [2.05, 4.69) is 5.32 Å². The summed E-state index contributed by atoms with van der Waals surface area (Å²) < 4.78 is 18.9. The fourth-order valence-electron chi connectivity index (χ4n) is 1.99. The highest BCUT2D eigenvalue weighted by Gasteiger charge is 2.13. The Morgan fingerprint density at radius 1 is 1.19 bits per heavy atom. The Morgan fingerprint density at radius 3 is 2.76 bits per heavy atom. The van der Waals surface area contributed by atoms with Gasteiger partial charge in [0, 0.05) is 16.1 Å². The van der Waals surface area contributed by atoms with Crippen LogP contribution in [-0.4, -0.2) is 5.91 Å². The van der Waals surface area contributed by atoms with Crippen molar-refractivity contribution in [2.45, 2.75) is 6.92 Å². The summed E-state index contributed by atoms with van der Waals surface area (Å²) in [6, 6.07) is 11.2. The first kappa shape index (κ1) is 13.6. The molecule has 0 atom stereocenters. The van der Waals surface area contributed by atoms with Crippen LogP contribution < -0.4 is 5.32 Å². The number of hydrogen-bond acceptors (Lipinski definition) is 2. The third-order valence-corrected chi connectivity index (χ3v) is 3.37. The quantitative estimate of drug-likeness (QED) is 0.740. The summed E-state index contributed by atoms with van der Waals surface area (Å²) in [5.74, 6) is -0.664. The number of carbonyl (C=O) groups is 1. The van der Waals surface area contributed by atoms with Gasteiger partial charge in [0.1, 0.15) is 11.4 Å². The third kappa shape index (κ3) is 2.76. The van der Waals surface area contributed by atoms with Crippen molar-refractivity contribution >= 4 is 34.2 Å². The second kappa shape index (κ2) is 5.22. The molecule has 0 saturated heterocycles. The van der Waals surface area contributed by atoms with Gasteiger partial charge in [-0.15, -0.1) is 0 Å². The predicted molar refractivity (Wildman–Crippen MR) is 80.3 cm³/mol. The standard InChI is InChI=1S/C16H11ClFNO2/c1-9-2-4-12(8-13(9)18)19-16(20)15-7-10-6-11(17)3-5-14(10)21-15/h2-8H,1H3,(H,19,20). The second-order valence-corrected chi connectivity index (χ2v) is 5.15. The van der Waals surface area contributed by atoms with Gasteiger partial charge < -0.3 is 9.73 Å². The molecule has 0 radical (unpaired) electrons. The number of anilines is 1. The van der Waals surface area contributed by atoms with Crippen molar-refractivity contribution in [2.75, 3.05) is 5.32 Å². The molecule has 1 amide bonds. The number of halogens is 2. The lowest BCUT2D eigenvalue weighted by Gasteiger charge is -2.04. The molecule has 1 N–H and O–H groups in total. The van der Waals surface area contributed by atoms with Crippen molar-refractivity contribution in [3.8, 4) is 0 Å². The third-order valence-electron chi connectivity index (χ3n) is 3.13. The van der Waals surface area contributed by atoms with Gasteiger partial charge in [0.05, 0.1) is 0 Å². The van der Waals surface area contributed by atoms with Gasteiger partial charge in [0.15, 0.2) is 5.76 Å². The van der Waals surface area contributed by atoms with E-state index in [-0.39, 0.29) is 11.6 Å². The van der Waals surface area contributed by atoms with Gasteiger partial charge >= 0.3 is 0 Å². The van der Waals surface area contributed by atoms with Crippen LogP contribution in [0, 0.1) is 12.7 Å². The summed E-state index contributed by atoms with van der Waals surface area (Å²) in [7, 11) is 0. The normalized spacial score (nSPS) is 10.8. The molecular weight excluding hydrogens is 293 g/mol. The first-order chi connectivity index (χ1) is 10.0. The first-order valence-electron chi connectivity index (χ1n) is 6.29. The van der Waals surface area contributed by atoms with Crippen molar-refractivity contribution in [3.63, 3.8) is 0 Å². The lowest BCUT2D eigenvalue weighted by atomic mass is 10.2. The molecule has 5 heteroatoms. The molecule has 3 aromatic rings. The predicted octanol–water partition coefficient (Wildman–Crippen LogP) is 4.79. The van der Waals surface area contributed by atoms with E-state index in [9.17, 15) is 9.18 Å². The molecule has 0 aliphatic carbocycles. The minimum atomic E-state index is -0.439. The number of nitrogens with one attached hydrogen (secondary N) is 1. The number of furan rings is 1. The highest BCUT2D eigenvalue weighted by atomic mass is 35.5. The molecule has 106 valence electrons. The van der Waals surface area contributed by atoms with E-state index in [0.29, 0.717) is 21.9 Å². The molecule has 1 heterocycles. The molecule has 2 aromatic carbocycles. The van der Waals surface area contributed by atoms with Gasteiger partial charge in [-0.05, 0) is 48.9 Å². The number of amides is 1. The molecule has 0 bridgehead atoms. The molecular formula is C16H11ClFNO2. The maximum absolute atomic E-state index is 13.5. The summed E-state index contributed by atoms with van der Waals surface area (Å²) in [6.45, 7) is 1.66. The highest BCUT2D eigenvalue weighted by molar-refractivity contribution is 6.31. The van der Waals surface area contributed by atoms with E-state index in [4.69, 9.17) is 16.0 Å². The van der Waals surface area contributed by atoms with Crippen LogP contribution in [0.15, 0.2) is 46.9 Å². The van der Waals surface area contributed by atoms with Gasteiger partial charge in [-0.2, -0.15) is 0 Å². The van der Waals surface area contributed by atoms with Crippen LogP contribution in [0.5, 0.6) is 0 Å². The average Bonchev–Trinajstić information content (AvgIpc) is 2.86. The fraction of sp³-hybridized carbons (Fsp3) is 0.0625. The van der Waals surface area contributed by atoms with Crippen LogP contribution in [0.25, 0.3) is 11.0 Å². The summed E-state index contributed by atoms with van der Waals surface area (Å²) in [5.41, 5.74) is 1.47. The maximum atomic E-state index is 13.5. The van der Waals surface area contributed by atoms with Gasteiger partial charge in [0.25, 0.3) is 5.91 Å². The minimum Gasteiger partial charge on any atom is -0.451 e. The monoisotopic (exact) mass is 303 g/mol. The van der Waals surface area contributed by atoms with Gasteiger partial charge in [-0.3, -0.25) is 4.79 Å². The number of carbonyl (C=O) groups excluding carboxylic acids is 1.